The lowest BCUT2D eigenvalue weighted by Crippen LogP contribution is -2.19. The molecule has 11 heteroatoms. The zero-order valence-corrected chi connectivity index (χ0v) is 18.5. The van der Waals surface area contributed by atoms with Gasteiger partial charge in [0.05, 0.1) is 40.1 Å². The first-order chi connectivity index (χ1) is 15.6. The smallest absolute Gasteiger partial charge is 0.422 e. The molecule has 2 heterocycles. The van der Waals surface area contributed by atoms with E-state index in [1.807, 2.05) is 4.57 Å². The Bertz CT molecular complexity index is 1320. The summed E-state index contributed by atoms with van der Waals surface area (Å²) in [5.41, 5.74) is 2.23. The summed E-state index contributed by atoms with van der Waals surface area (Å²) in [4.78, 5) is 4.37. The summed E-state index contributed by atoms with van der Waals surface area (Å²) in [5.74, 6) is 0.380. The zero-order valence-electron chi connectivity index (χ0n) is 17.7. The Morgan fingerprint density at radius 3 is 2.61 bits per heavy atom. The predicted molar refractivity (Wildman–Crippen MR) is 117 cm³/mol. The van der Waals surface area contributed by atoms with Gasteiger partial charge in [0.25, 0.3) is 0 Å². The molecule has 0 radical (unpaired) electrons. The predicted octanol–water partition coefficient (Wildman–Crippen LogP) is 4.69. The molecule has 0 unspecified atom stereocenters. The van der Waals surface area contributed by atoms with Crippen molar-refractivity contribution in [1.29, 1.82) is 5.26 Å². The van der Waals surface area contributed by atoms with Crippen LogP contribution in [0, 0.1) is 17.2 Å². The summed E-state index contributed by atoms with van der Waals surface area (Å²) in [6.07, 6.45) is -1.04. The number of nitrogens with one attached hydrogen (secondary N) is 1. The highest BCUT2D eigenvalue weighted by Crippen LogP contribution is 2.39. The van der Waals surface area contributed by atoms with Crippen molar-refractivity contribution in [3.8, 4) is 23.2 Å². The van der Waals surface area contributed by atoms with Crippen molar-refractivity contribution in [2.45, 2.75) is 32.5 Å². The Kier molecular flexibility index (Phi) is 5.97. The molecule has 1 fully saturated rings. The highest BCUT2D eigenvalue weighted by atomic mass is 32.2. The van der Waals surface area contributed by atoms with Crippen molar-refractivity contribution in [2.75, 3.05) is 17.1 Å². The standard InChI is InChI=1S/C22H21F3N4O3S/c1-2-33(30,31)28-15-5-8-19(27-11-15)21-18(10-26)17-7-6-16(32-13-22(23,24)25)9-20(17)29(21)12-14-3-4-14/h5-9,11,14,28H,2-4,12-13H2,1H3. The second-order valence-electron chi connectivity index (χ2n) is 7.91. The van der Waals surface area contributed by atoms with Gasteiger partial charge in [-0.25, -0.2) is 8.42 Å². The van der Waals surface area contributed by atoms with Gasteiger partial charge >= 0.3 is 6.18 Å². The lowest BCUT2D eigenvalue weighted by Gasteiger charge is -2.12. The second kappa shape index (κ2) is 8.59. The normalized spacial score (nSPS) is 14.3. The molecule has 1 aliphatic carbocycles. The average molecular weight is 478 g/mol. The van der Waals surface area contributed by atoms with Crippen molar-refractivity contribution in [1.82, 2.24) is 9.55 Å². The van der Waals surface area contributed by atoms with E-state index in [0.29, 0.717) is 46.0 Å². The highest BCUT2D eigenvalue weighted by molar-refractivity contribution is 7.92. The van der Waals surface area contributed by atoms with Gasteiger partial charge < -0.3 is 9.30 Å². The molecular weight excluding hydrogens is 457 g/mol. The van der Waals surface area contributed by atoms with Crippen LogP contribution in [0.2, 0.25) is 0 Å². The van der Waals surface area contributed by atoms with Gasteiger partial charge in [-0.2, -0.15) is 18.4 Å². The molecule has 33 heavy (non-hydrogen) atoms. The number of ether oxygens (including phenoxy) is 1. The van der Waals surface area contributed by atoms with Crippen LogP contribution < -0.4 is 9.46 Å². The summed E-state index contributed by atoms with van der Waals surface area (Å²) in [6, 6.07) is 9.88. The molecule has 0 atom stereocenters. The van der Waals surface area contributed by atoms with E-state index >= 15 is 0 Å². The van der Waals surface area contributed by atoms with Gasteiger partial charge in [0.2, 0.25) is 10.0 Å². The SMILES string of the molecule is CCS(=O)(=O)Nc1ccc(-c2c(C#N)c3ccc(OCC(F)(F)F)cc3n2CC2CC2)nc1. The molecule has 174 valence electrons. The fourth-order valence-corrected chi connectivity index (χ4v) is 4.18. The lowest BCUT2D eigenvalue weighted by molar-refractivity contribution is -0.153. The van der Waals surface area contributed by atoms with E-state index in [1.54, 1.807) is 18.2 Å². The van der Waals surface area contributed by atoms with E-state index < -0.39 is 22.8 Å². The molecule has 4 rings (SSSR count). The number of fused-ring (bicyclic) bond motifs is 1. The number of nitrogens with zero attached hydrogens (tertiary/aromatic N) is 3. The molecule has 0 saturated heterocycles. The monoisotopic (exact) mass is 478 g/mol. The molecule has 0 amide bonds. The van der Waals surface area contributed by atoms with Crippen LogP contribution >= 0.6 is 0 Å². The van der Waals surface area contributed by atoms with Crippen LogP contribution in [-0.4, -0.2) is 36.5 Å². The van der Waals surface area contributed by atoms with E-state index in [4.69, 9.17) is 4.74 Å². The number of pyridine rings is 1. The average Bonchev–Trinajstić information content (AvgIpc) is 3.53. The lowest BCUT2D eigenvalue weighted by atomic mass is 10.1. The molecule has 1 aromatic carbocycles. The van der Waals surface area contributed by atoms with Crippen LogP contribution in [0.4, 0.5) is 18.9 Å². The molecule has 0 spiro atoms. The molecule has 2 aromatic heterocycles. The Balaban J connectivity index is 1.78. The van der Waals surface area contributed by atoms with Gasteiger partial charge in [0.1, 0.15) is 11.8 Å². The molecule has 0 bridgehead atoms. The number of benzene rings is 1. The summed E-state index contributed by atoms with van der Waals surface area (Å²) >= 11 is 0. The summed E-state index contributed by atoms with van der Waals surface area (Å²) in [6.45, 7) is 0.699. The van der Waals surface area contributed by atoms with E-state index in [-0.39, 0.29) is 11.5 Å². The summed E-state index contributed by atoms with van der Waals surface area (Å²) in [7, 11) is -3.46. The molecule has 1 aliphatic rings. The minimum Gasteiger partial charge on any atom is -0.484 e. The number of halogens is 3. The molecule has 7 nitrogen and oxygen atoms in total. The largest absolute Gasteiger partial charge is 0.484 e. The summed E-state index contributed by atoms with van der Waals surface area (Å²) in [5, 5.41) is 10.5. The van der Waals surface area contributed by atoms with Crippen LogP contribution in [0.3, 0.4) is 0 Å². The van der Waals surface area contributed by atoms with Crippen LogP contribution in [0.25, 0.3) is 22.3 Å². The van der Waals surface area contributed by atoms with Crippen LogP contribution in [0.15, 0.2) is 36.5 Å². The number of hydrogen-bond donors (Lipinski definition) is 1. The number of alkyl halides is 3. The third-order valence-corrected chi connectivity index (χ3v) is 6.65. The number of aromatic nitrogens is 2. The van der Waals surface area contributed by atoms with Crippen molar-refractivity contribution in [3.05, 3.63) is 42.1 Å². The maximum Gasteiger partial charge on any atom is 0.422 e. The number of anilines is 1. The first-order valence-corrected chi connectivity index (χ1v) is 12.0. The van der Waals surface area contributed by atoms with Crippen molar-refractivity contribution < 1.29 is 26.3 Å². The van der Waals surface area contributed by atoms with Gasteiger partial charge in [0, 0.05) is 18.0 Å². The Morgan fingerprint density at radius 1 is 1.27 bits per heavy atom. The Hall–Kier alpha value is -3.26. The van der Waals surface area contributed by atoms with Crippen molar-refractivity contribution >= 4 is 26.6 Å². The first-order valence-electron chi connectivity index (χ1n) is 10.3. The first kappa shape index (κ1) is 22.9. The van der Waals surface area contributed by atoms with Crippen LogP contribution in [0.1, 0.15) is 25.3 Å². The molecular formula is C22H21F3N4O3S. The molecule has 3 aromatic rings. The Labute approximate surface area is 188 Å². The van der Waals surface area contributed by atoms with Gasteiger partial charge in [-0.15, -0.1) is 0 Å². The topological polar surface area (TPSA) is 97.0 Å². The minimum atomic E-state index is -4.46. The third-order valence-electron chi connectivity index (χ3n) is 5.35. The number of nitriles is 1. The maximum absolute atomic E-state index is 12.6. The number of rotatable bonds is 8. The van der Waals surface area contributed by atoms with Crippen LogP contribution in [0.5, 0.6) is 5.75 Å². The fourth-order valence-electron chi connectivity index (χ4n) is 3.56. The maximum atomic E-state index is 12.6. The quantitative estimate of drug-likeness (QED) is 0.507. The van der Waals surface area contributed by atoms with Gasteiger partial charge in [0.15, 0.2) is 6.61 Å². The third kappa shape index (κ3) is 5.22. The molecule has 1 N–H and O–H groups in total. The number of sulfonamides is 1. The van der Waals surface area contributed by atoms with Crippen LogP contribution in [-0.2, 0) is 16.6 Å². The van der Waals surface area contributed by atoms with E-state index in [0.717, 1.165) is 12.8 Å². The highest BCUT2D eigenvalue weighted by Gasteiger charge is 2.30. The van der Waals surface area contributed by atoms with E-state index in [9.17, 15) is 26.9 Å². The molecule has 0 aliphatic heterocycles. The Morgan fingerprint density at radius 2 is 2.03 bits per heavy atom. The zero-order chi connectivity index (χ0) is 23.8. The van der Waals surface area contributed by atoms with Gasteiger partial charge in [-0.05, 0) is 49.9 Å². The van der Waals surface area contributed by atoms with Crippen molar-refractivity contribution in [3.63, 3.8) is 0 Å². The fraction of sp³-hybridized carbons (Fsp3) is 0.364. The van der Waals surface area contributed by atoms with Gasteiger partial charge in [-0.1, -0.05) is 0 Å². The van der Waals surface area contributed by atoms with E-state index in [1.165, 1.54) is 25.3 Å². The summed E-state index contributed by atoms with van der Waals surface area (Å²) < 4.78 is 70.6. The molecule has 1 saturated carbocycles. The second-order valence-corrected chi connectivity index (χ2v) is 9.92. The number of hydrogen-bond acceptors (Lipinski definition) is 5. The van der Waals surface area contributed by atoms with Crippen molar-refractivity contribution in [2.24, 2.45) is 5.92 Å². The minimum absolute atomic E-state index is 0.0580. The van der Waals surface area contributed by atoms with Gasteiger partial charge in [-0.3, -0.25) is 9.71 Å². The van der Waals surface area contributed by atoms with E-state index in [2.05, 4.69) is 15.8 Å².